The average Bonchev–Trinajstić information content (AvgIpc) is 3.23. The van der Waals surface area contributed by atoms with Crippen molar-refractivity contribution in [2.24, 2.45) is 7.05 Å². The Labute approximate surface area is 167 Å². The molecule has 1 aromatic heterocycles. The van der Waals surface area contributed by atoms with Crippen molar-refractivity contribution in [3.63, 3.8) is 0 Å². The number of aromatic nitrogens is 2. The first-order chi connectivity index (χ1) is 13.5. The first-order valence-electron chi connectivity index (χ1n) is 8.61. The van der Waals surface area contributed by atoms with E-state index in [4.69, 9.17) is 9.47 Å². The first kappa shape index (κ1) is 19.8. The van der Waals surface area contributed by atoms with Crippen LogP contribution in [-0.4, -0.2) is 33.6 Å². The molecule has 0 aliphatic carbocycles. The summed E-state index contributed by atoms with van der Waals surface area (Å²) in [5, 5.41) is 1.87. The highest BCUT2D eigenvalue weighted by molar-refractivity contribution is 8.14. The number of benzene rings is 2. The van der Waals surface area contributed by atoms with Crippen molar-refractivity contribution in [1.29, 1.82) is 0 Å². The van der Waals surface area contributed by atoms with E-state index < -0.39 is 0 Å². The predicted molar refractivity (Wildman–Crippen MR) is 109 cm³/mol. The van der Waals surface area contributed by atoms with Crippen LogP contribution in [0, 0.1) is 6.92 Å². The van der Waals surface area contributed by atoms with Crippen molar-refractivity contribution in [3.8, 4) is 11.5 Å². The van der Waals surface area contributed by atoms with Crippen LogP contribution in [0.2, 0.25) is 0 Å². The number of carbonyl (C=O) groups excluding carboxylic acids is 2. The number of methoxy groups -OCH3 is 1. The summed E-state index contributed by atoms with van der Waals surface area (Å²) in [7, 11) is 3.65. The van der Waals surface area contributed by atoms with E-state index >= 15 is 0 Å². The fourth-order valence-corrected chi connectivity index (χ4v) is 3.10. The number of nitrogens with zero attached hydrogens (tertiary/aromatic N) is 2. The molecule has 0 bridgehead atoms. The second-order valence-electron chi connectivity index (χ2n) is 6.17. The molecule has 8 heteroatoms. The van der Waals surface area contributed by atoms with Gasteiger partial charge in [-0.25, -0.2) is 4.98 Å². The molecule has 1 aliphatic rings. The summed E-state index contributed by atoms with van der Waals surface area (Å²) in [6, 6.07) is 13.9. The lowest BCUT2D eigenvalue weighted by molar-refractivity contribution is -0.117. The lowest BCUT2D eigenvalue weighted by atomic mass is 10.2. The Kier molecular flexibility index (Phi) is 6.20. The van der Waals surface area contributed by atoms with E-state index in [1.807, 2.05) is 54.1 Å². The van der Waals surface area contributed by atoms with Gasteiger partial charge in [-0.1, -0.05) is 29.5 Å². The van der Waals surface area contributed by atoms with Gasteiger partial charge in [-0.15, -0.1) is 0 Å². The Hall–Kier alpha value is -3.00. The molecule has 28 heavy (non-hydrogen) atoms. The SMILES string of the molecule is COc1ccc2nc(COc3ccc(C)cc3)n(C)c2c1.O=C1CSC(=O)N1. The maximum Gasteiger partial charge on any atom is 0.286 e. The van der Waals surface area contributed by atoms with Gasteiger partial charge in [0.2, 0.25) is 5.91 Å². The molecule has 0 saturated carbocycles. The molecule has 2 heterocycles. The van der Waals surface area contributed by atoms with Gasteiger partial charge in [0.25, 0.3) is 5.24 Å². The van der Waals surface area contributed by atoms with Crippen LogP contribution in [0.25, 0.3) is 11.0 Å². The first-order valence-corrected chi connectivity index (χ1v) is 9.60. The van der Waals surface area contributed by atoms with E-state index in [1.54, 1.807) is 7.11 Å². The van der Waals surface area contributed by atoms with E-state index in [-0.39, 0.29) is 11.1 Å². The van der Waals surface area contributed by atoms with Crippen molar-refractivity contribution in [1.82, 2.24) is 14.9 Å². The molecule has 2 aromatic carbocycles. The number of rotatable bonds is 4. The molecular weight excluding hydrogens is 378 g/mol. The maximum absolute atomic E-state index is 10.1. The van der Waals surface area contributed by atoms with Crippen molar-refractivity contribution >= 4 is 33.9 Å². The fourth-order valence-electron chi connectivity index (χ4n) is 2.58. The van der Waals surface area contributed by atoms with Crippen molar-refractivity contribution in [2.75, 3.05) is 12.9 Å². The van der Waals surface area contributed by atoms with Crippen LogP contribution in [0.5, 0.6) is 11.5 Å². The van der Waals surface area contributed by atoms with Gasteiger partial charge in [-0.3, -0.25) is 14.9 Å². The summed E-state index contributed by atoms with van der Waals surface area (Å²) in [6.07, 6.45) is 0. The molecule has 7 nitrogen and oxygen atoms in total. The maximum atomic E-state index is 10.1. The summed E-state index contributed by atoms with van der Waals surface area (Å²) in [4.78, 5) is 24.8. The Balaban J connectivity index is 0.000000271. The molecule has 146 valence electrons. The van der Waals surface area contributed by atoms with Crippen LogP contribution in [-0.2, 0) is 18.4 Å². The Morgan fingerprint density at radius 2 is 1.86 bits per heavy atom. The number of hydrogen-bond donors (Lipinski definition) is 1. The van der Waals surface area contributed by atoms with Crippen molar-refractivity contribution in [2.45, 2.75) is 13.5 Å². The van der Waals surface area contributed by atoms with Gasteiger partial charge in [0.1, 0.15) is 23.9 Å². The molecule has 0 unspecified atom stereocenters. The van der Waals surface area contributed by atoms with Crippen LogP contribution in [0.1, 0.15) is 11.4 Å². The van der Waals surface area contributed by atoms with E-state index in [9.17, 15) is 9.59 Å². The highest BCUT2D eigenvalue weighted by Gasteiger charge is 2.16. The van der Waals surface area contributed by atoms with Crippen molar-refractivity contribution < 1.29 is 19.1 Å². The highest BCUT2D eigenvalue weighted by Crippen LogP contribution is 2.22. The number of hydrogen-bond acceptors (Lipinski definition) is 6. The zero-order chi connectivity index (χ0) is 20.1. The predicted octanol–water partition coefficient (Wildman–Crippen LogP) is 3.44. The lowest BCUT2D eigenvalue weighted by Crippen LogP contribution is -2.18. The molecule has 0 spiro atoms. The highest BCUT2D eigenvalue weighted by atomic mass is 32.2. The van der Waals surface area contributed by atoms with Gasteiger partial charge in [-0.2, -0.15) is 0 Å². The summed E-state index contributed by atoms with van der Waals surface area (Å²) < 4.78 is 13.1. The smallest absolute Gasteiger partial charge is 0.286 e. The normalized spacial score (nSPS) is 13.1. The molecule has 2 amide bonds. The Bertz CT molecular complexity index is 985. The van der Waals surface area contributed by atoms with Crippen LogP contribution in [0.3, 0.4) is 0 Å². The monoisotopic (exact) mass is 399 g/mol. The molecule has 3 aromatic rings. The van der Waals surface area contributed by atoms with Gasteiger partial charge in [-0.05, 0) is 31.2 Å². The number of amides is 2. The molecule has 0 radical (unpaired) electrons. The Morgan fingerprint density at radius 1 is 1.14 bits per heavy atom. The topological polar surface area (TPSA) is 82.5 Å². The number of ether oxygens (including phenoxy) is 2. The number of imide groups is 1. The third kappa shape index (κ3) is 4.83. The number of aryl methyl sites for hydroxylation is 2. The molecule has 4 rings (SSSR count). The second kappa shape index (κ2) is 8.79. The Morgan fingerprint density at radius 3 is 2.43 bits per heavy atom. The minimum Gasteiger partial charge on any atom is -0.497 e. The molecule has 0 atom stereocenters. The van der Waals surface area contributed by atoms with Gasteiger partial charge in [0.05, 0.1) is 23.9 Å². The molecule has 1 N–H and O–H groups in total. The lowest BCUT2D eigenvalue weighted by Gasteiger charge is -2.06. The molecule has 1 fully saturated rings. The number of carbonyl (C=O) groups is 2. The summed E-state index contributed by atoms with van der Waals surface area (Å²) >= 11 is 1.01. The second-order valence-corrected chi connectivity index (χ2v) is 7.12. The summed E-state index contributed by atoms with van der Waals surface area (Å²) in [6.45, 7) is 2.50. The minimum absolute atomic E-state index is 0.185. The van der Waals surface area contributed by atoms with Crippen LogP contribution in [0.15, 0.2) is 42.5 Å². The summed E-state index contributed by atoms with van der Waals surface area (Å²) in [5.41, 5.74) is 3.20. The van der Waals surface area contributed by atoms with E-state index in [2.05, 4.69) is 17.2 Å². The molecule has 1 saturated heterocycles. The zero-order valence-electron chi connectivity index (χ0n) is 15.9. The standard InChI is InChI=1S/C17H18N2O2.C3H3NO2S/c1-12-4-6-13(7-5-12)21-11-17-18-15-9-8-14(20-3)10-16(15)19(17)2;5-2-1-7-3(6)4-2/h4-10H,11H2,1-3H3;1H2,(H,4,5,6). The minimum atomic E-state index is -0.231. The van der Waals surface area contributed by atoms with E-state index in [0.717, 1.165) is 40.1 Å². The summed E-state index contributed by atoms with van der Waals surface area (Å²) in [5.74, 6) is 2.68. The quantitative estimate of drug-likeness (QED) is 0.724. The van der Waals surface area contributed by atoms with Crippen molar-refractivity contribution in [3.05, 3.63) is 53.9 Å². The van der Waals surface area contributed by atoms with Crippen LogP contribution < -0.4 is 14.8 Å². The van der Waals surface area contributed by atoms with E-state index in [0.29, 0.717) is 12.4 Å². The third-order valence-corrected chi connectivity index (χ3v) is 4.92. The number of nitrogens with one attached hydrogen (secondary N) is 1. The number of thioether (sulfide) groups is 1. The third-order valence-electron chi connectivity index (χ3n) is 4.15. The van der Waals surface area contributed by atoms with Gasteiger partial charge in [0, 0.05) is 13.1 Å². The van der Waals surface area contributed by atoms with Gasteiger partial charge < -0.3 is 14.0 Å². The fraction of sp³-hybridized carbons (Fsp3) is 0.250. The van der Waals surface area contributed by atoms with E-state index in [1.165, 1.54) is 5.56 Å². The molecule has 1 aliphatic heterocycles. The zero-order valence-corrected chi connectivity index (χ0v) is 16.7. The molecular formula is C20H21N3O4S. The van der Waals surface area contributed by atoms with Crippen LogP contribution >= 0.6 is 11.8 Å². The number of fused-ring (bicyclic) bond motifs is 1. The van der Waals surface area contributed by atoms with Gasteiger partial charge >= 0.3 is 0 Å². The average molecular weight is 399 g/mol. The largest absolute Gasteiger partial charge is 0.497 e. The number of imidazole rings is 1. The van der Waals surface area contributed by atoms with Crippen LogP contribution in [0.4, 0.5) is 4.79 Å². The van der Waals surface area contributed by atoms with Gasteiger partial charge in [0.15, 0.2) is 0 Å².